The van der Waals surface area contributed by atoms with E-state index in [1.54, 1.807) is 7.11 Å². The Hall–Kier alpha value is -0.130. The van der Waals surface area contributed by atoms with Crippen LogP contribution in [0.15, 0.2) is 0 Å². The highest BCUT2D eigenvalue weighted by molar-refractivity contribution is 7.92. The van der Waals surface area contributed by atoms with Gasteiger partial charge in [-0.25, -0.2) is 8.42 Å². The SMILES string of the molecule is CNC1CCC(C)(C)CC1S(=O)(=O)CCCOC. The number of sulfone groups is 1. The zero-order valence-corrected chi connectivity index (χ0v) is 12.8. The number of ether oxygens (including phenoxy) is 1. The van der Waals surface area contributed by atoms with Crippen LogP contribution in [0.3, 0.4) is 0 Å². The van der Waals surface area contributed by atoms with E-state index in [0.29, 0.717) is 13.0 Å². The number of hydrogen-bond acceptors (Lipinski definition) is 4. The topological polar surface area (TPSA) is 55.4 Å². The largest absolute Gasteiger partial charge is 0.385 e. The molecule has 0 aliphatic heterocycles. The van der Waals surface area contributed by atoms with Gasteiger partial charge in [-0.1, -0.05) is 13.8 Å². The van der Waals surface area contributed by atoms with Crippen LogP contribution in [0.5, 0.6) is 0 Å². The van der Waals surface area contributed by atoms with E-state index in [4.69, 9.17) is 4.74 Å². The summed E-state index contributed by atoms with van der Waals surface area (Å²) in [4.78, 5) is 0. The Morgan fingerprint density at radius 2 is 2.06 bits per heavy atom. The molecule has 108 valence electrons. The van der Waals surface area contributed by atoms with Crippen LogP contribution in [0.25, 0.3) is 0 Å². The normalized spacial score (nSPS) is 28.2. The van der Waals surface area contributed by atoms with Crippen LogP contribution < -0.4 is 5.32 Å². The third kappa shape index (κ3) is 4.21. The zero-order chi connectivity index (χ0) is 13.8. The molecule has 5 heteroatoms. The van der Waals surface area contributed by atoms with Gasteiger partial charge in [0.1, 0.15) is 0 Å². The minimum absolute atomic E-state index is 0.102. The monoisotopic (exact) mass is 277 g/mol. The average molecular weight is 277 g/mol. The number of hydrogen-bond donors (Lipinski definition) is 1. The van der Waals surface area contributed by atoms with E-state index < -0.39 is 9.84 Å². The van der Waals surface area contributed by atoms with Crippen LogP contribution in [-0.4, -0.2) is 46.2 Å². The first kappa shape index (κ1) is 15.9. The van der Waals surface area contributed by atoms with Crippen molar-refractivity contribution >= 4 is 9.84 Å². The van der Waals surface area contributed by atoms with Crippen LogP contribution in [0.1, 0.15) is 39.5 Å². The Labute approximate surface area is 111 Å². The van der Waals surface area contributed by atoms with Crippen molar-refractivity contribution in [2.75, 3.05) is 26.5 Å². The molecule has 0 aromatic rings. The predicted octanol–water partition coefficient (Wildman–Crippen LogP) is 1.60. The summed E-state index contributed by atoms with van der Waals surface area (Å²) >= 11 is 0. The van der Waals surface area contributed by atoms with Gasteiger partial charge in [0.05, 0.1) is 11.0 Å². The molecular formula is C13H27NO3S. The van der Waals surface area contributed by atoms with Gasteiger partial charge in [0.25, 0.3) is 0 Å². The van der Waals surface area contributed by atoms with Gasteiger partial charge in [-0.2, -0.15) is 0 Å². The Kier molecular flexibility index (Phi) is 5.62. The first-order valence-corrected chi connectivity index (χ1v) is 8.42. The summed E-state index contributed by atoms with van der Waals surface area (Å²) in [6.07, 6.45) is 3.38. The Morgan fingerprint density at radius 3 is 2.61 bits per heavy atom. The van der Waals surface area contributed by atoms with E-state index in [-0.39, 0.29) is 22.5 Å². The van der Waals surface area contributed by atoms with Crippen molar-refractivity contribution < 1.29 is 13.2 Å². The molecule has 0 amide bonds. The maximum Gasteiger partial charge on any atom is 0.154 e. The lowest BCUT2D eigenvalue weighted by Crippen LogP contribution is -2.49. The van der Waals surface area contributed by atoms with Crippen molar-refractivity contribution in [1.82, 2.24) is 5.32 Å². The van der Waals surface area contributed by atoms with Gasteiger partial charge >= 0.3 is 0 Å². The maximum absolute atomic E-state index is 12.4. The molecule has 1 rings (SSSR count). The van der Waals surface area contributed by atoms with E-state index in [1.807, 2.05) is 7.05 Å². The van der Waals surface area contributed by atoms with Gasteiger partial charge in [-0.15, -0.1) is 0 Å². The number of methoxy groups -OCH3 is 1. The van der Waals surface area contributed by atoms with E-state index in [2.05, 4.69) is 19.2 Å². The zero-order valence-electron chi connectivity index (χ0n) is 12.0. The summed E-state index contributed by atoms with van der Waals surface area (Å²) in [7, 11) is 0.435. The van der Waals surface area contributed by atoms with Crippen molar-refractivity contribution in [3.05, 3.63) is 0 Å². The molecule has 4 nitrogen and oxygen atoms in total. The highest BCUT2D eigenvalue weighted by Crippen LogP contribution is 2.38. The summed E-state index contributed by atoms with van der Waals surface area (Å²) in [5.41, 5.74) is 0.131. The second-order valence-electron chi connectivity index (χ2n) is 6.05. The molecule has 1 aliphatic carbocycles. The van der Waals surface area contributed by atoms with Crippen LogP contribution in [0.2, 0.25) is 0 Å². The van der Waals surface area contributed by atoms with Gasteiger partial charge in [0, 0.05) is 19.8 Å². The summed E-state index contributed by atoms with van der Waals surface area (Å²) in [5.74, 6) is 0.236. The molecule has 2 unspecified atom stereocenters. The fourth-order valence-electron chi connectivity index (χ4n) is 2.78. The number of rotatable bonds is 6. The molecule has 18 heavy (non-hydrogen) atoms. The van der Waals surface area contributed by atoms with Gasteiger partial charge in [0.15, 0.2) is 9.84 Å². The lowest BCUT2D eigenvalue weighted by atomic mass is 9.75. The fourth-order valence-corrected chi connectivity index (χ4v) is 5.09. The van der Waals surface area contributed by atoms with E-state index >= 15 is 0 Å². The third-order valence-corrected chi connectivity index (χ3v) is 6.22. The molecule has 1 aliphatic rings. The fraction of sp³-hybridized carbons (Fsp3) is 1.00. The van der Waals surface area contributed by atoms with Crippen molar-refractivity contribution in [2.24, 2.45) is 5.41 Å². The molecule has 0 aromatic heterocycles. The molecule has 1 fully saturated rings. The average Bonchev–Trinajstić information content (AvgIpc) is 2.28. The van der Waals surface area contributed by atoms with Crippen LogP contribution in [0, 0.1) is 5.41 Å². The van der Waals surface area contributed by atoms with Crippen molar-refractivity contribution in [3.63, 3.8) is 0 Å². The van der Waals surface area contributed by atoms with Gasteiger partial charge in [-0.3, -0.25) is 0 Å². The highest BCUT2D eigenvalue weighted by atomic mass is 32.2. The Bertz CT molecular complexity index is 351. The van der Waals surface area contributed by atoms with Crippen LogP contribution >= 0.6 is 0 Å². The molecule has 1 saturated carbocycles. The second kappa shape index (κ2) is 6.35. The maximum atomic E-state index is 12.4. The van der Waals surface area contributed by atoms with Crippen LogP contribution in [0.4, 0.5) is 0 Å². The molecule has 2 atom stereocenters. The van der Waals surface area contributed by atoms with Crippen molar-refractivity contribution in [2.45, 2.75) is 50.8 Å². The molecule has 0 heterocycles. The van der Waals surface area contributed by atoms with E-state index in [0.717, 1.165) is 19.3 Å². The van der Waals surface area contributed by atoms with Gasteiger partial charge in [-0.05, 0) is 38.1 Å². The first-order chi connectivity index (χ1) is 8.32. The van der Waals surface area contributed by atoms with E-state index in [1.165, 1.54) is 0 Å². The summed E-state index contributed by atoms with van der Waals surface area (Å²) in [5, 5.41) is 2.93. The Balaban J connectivity index is 2.75. The third-order valence-electron chi connectivity index (χ3n) is 3.94. The first-order valence-electron chi connectivity index (χ1n) is 6.70. The lowest BCUT2D eigenvalue weighted by Gasteiger charge is -2.40. The summed E-state index contributed by atoms with van der Waals surface area (Å²) < 4.78 is 29.8. The molecular weight excluding hydrogens is 250 g/mol. The lowest BCUT2D eigenvalue weighted by molar-refractivity contribution is 0.198. The predicted molar refractivity (Wildman–Crippen MR) is 74.5 cm³/mol. The quantitative estimate of drug-likeness (QED) is 0.749. The molecule has 0 saturated heterocycles. The molecule has 1 N–H and O–H groups in total. The smallest absolute Gasteiger partial charge is 0.154 e. The van der Waals surface area contributed by atoms with Crippen molar-refractivity contribution in [3.8, 4) is 0 Å². The molecule has 0 radical (unpaired) electrons. The van der Waals surface area contributed by atoms with Gasteiger partial charge in [0.2, 0.25) is 0 Å². The molecule has 0 aromatic carbocycles. The van der Waals surface area contributed by atoms with Crippen molar-refractivity contribution in [1.29, 1.82) is 0 Å². The minimum Gasteiger partial charge on any atom is -0.385 e. The van der Waals surface area contributed by atoms with E-state index in [9.17, 15) is 8.42 Å². The summed E-state index contributed by atoms with van der Waals surface area (Å²) in [6, 6.07) is 0.102. The highest BCUT2D eigenvalue weighted by Gasteiger charge is 2.40. The van der Waals surface area contributed by atoms with Crippen LogP contribution in [-0.2, 0) is 14.6 Å². The standard InChI is InChI=1S/C13H27NO3S/c1-13(2)7-6-11(14-3)12(10-13)18(15,16)9-5-8-17-4/h11-12,14H,5-10H2,1-4H3. The molecule has 0 spiro atoms. The summed E-state index contributed by atoms with van der Waals surface area (Å²) in [6.45, 7) is 4.84. The number of nitrogens with one attached hydrogen (secondary N) is 1. The Morgan fingerprint density at radius 1 is 1.39 bits per heavy atom. The second-order valence-corrected chi connectivity index (χ2v) is 8.39. The molecule has 0 bridgehead atoms. The van der Waals surface area contributed by atoms with Gasteiger partial charge < -0.3 is 10.1 Å². The minimum atomic E-state index is -3.03.